The van der Waals surface area contributed by atoms with E-state index in [9.17, 15) is 4.79 Å². The molecule has 1 aromatic rings. The van der Waals surface area contributed by atoms with Crippen molar-refractivity contribution in [2.75, 3.05) is 5.32 Å². The number of amides is 1. The van der Waals surface area contributed by atoms with Crippen LogP contribution >= 0.6 is 34.6 Å². The van der Waals surface area contributed by atoms with Gasteiger partial charge in [0.2, 0.25) is 5.91 Å². The summed E-state index contributed by atoms with van der Waals surface area (Å²) in [7, 11) is 0. The van der Waals surface area contributed by atoms with Crippen molar-refractivity contribution in [3.05, 3.63) is 23.3 Å². The molecule has 1 rings (SSSR count). The number of rotatable bonds is 4. The van der Waals surface area contributed by atoms with Crippen molar-refractivity contribution >= 4 is 46.2 Å². The largest absolute Gasteiger partial charge is 0.326 e. The molecule has 0 aliphatic rings. The number of anilines is 1. The Morgan fingerprint density at radius 1 is 1.56 bits per heavy atom. The zero-order valence-corrected chi connectivity index (χ0v) is 12.2. The Bertz CT molecular complexity index is 371. The highest BCUT2D eigenvalue weighted by Gasteiger charge is 2.08. The lowest BCUT2D eigenvalue weighted by molar-refractivity contribution is -0.115. The first-order valence-corrected chi connectivity index (χ1v) is 7.23. The van der Waals surface area contributed by atoms with Crippen molar-refractivity contribution in [1.29, 1.82) is 0 Å². The maximum atomic E-state index is 11.3. The molecule has 88 valence electrons. The third-order valence-corrected chi connectivity index (χ3v) is 3.76. The minimum atomic E-state index is -0.0165. The van der Waals surface area contributed by atoms with E-state index in [4.69, 9.17) is 4.55 Å². The van der Waals surface area contributed by atoms with Gasteiger partial charge in [-0.15, -0.1) is 0 Å². The molecule has 0 spiro atoms. The SMILES string of the molecule is CCC(=O)Nc1cc(CI)c(C)c(SO)c1. The fourth-order valence-electron chi connectivity index (χ4n) is 1.30. The van der Waals surface area contributed by atoms with E-state index in [0.717, 1.165) is 38.2 Å². The van der Waals surface area contributed by atoms with Crippen molar-refractivity contribution in [2.45, 2.75) is 29.6 Å². The molecule has 0 aliphatic heterocycles. The zero-order chi connectivity index (χ0) is 12.1. The van der Waals surface area contributed by atoms with Crippen LogP contribution < -0.4 is 5.32 Å². The van der Waals surface area contributed by atoms with E-state index in [-0.39, 0.29) is 5.91 Å². The van der Waals surface area contributed by atoms with Gasteiger partial charge in [0.05, 0.1) is 0 Å². The highest BCUT2D eigenvalue weighted by Crippen LogP contribution is 2.28. The minimum absolute atomic E-state index is 0.0165. The van der Waals surface area contributed by atoms with Gasteiger partial charge in [0.15, 0.2) is 0 Å². The van der Waals surface area contributed by atoms with Crippen LogP contribution in [0.1, 0.15) is 24.5 Å². The quantitative estimate of drug-likeness (QED) is 0.492. The summed E-state index contributed by atoms with van der Waals surface area (Å²) in [5.74, 6) is -0.0165. The number of carbonyl (C=O) groups is 1. The molecule has 0 fully saturated rings. The summed E-state index contributed by atoms with van der Waals surface area (Å²) in [4.78, 5) is 12.1. The van der Waals surface area contributed by atoms with E-state index >= 15 is 0 Å². The van der Waals surface area contributed by atoms with Gasteiger partial charge < -0.3 is 9.87 Å². The van der Waals surface area contributed by atoms with Gasteiger partial charge in [-0.05, 0) is 30.2 Å². The Hall–Kier alpha value is -0.270. The average Bonchev–Trinajstić information content (AvgIpc) is 2.30. The topological polar surface area (TPSA) is 49.3 Å². The lowest BCUT2D eigenvalue weighted by Gasteiger charge is -2.11. The lowest BCUT2D eigenvalue weighted by Crippen LogP contribution is -2.10. The molecule has 0 aromatic heterocycles. The second kappa shape index (κ2) is 6.46. The van der Waals surface area contributed by atoms with Crippen LogP contribution in [0.15, 0.2) is 17.0 Å². The maximum Gasteiger partial charge on any atom is 0.224 e. The van der Waals surface area contributed by atoms with Gasteiger partial charge in [0.25, 0.3) is 0 Å². The summed E-state index contributed by atoms with van der Waals surface area (Å²) >= 11 is 2.99. The van der Waals surface area contributed by atoms with Crippen molar-refractivity contribution in [2.24, 2.45) is 0 Å². The van der Waals surface area contributed by atoms with E-state index < -0.39 is 0 Å². The first-order valence-electron chi connectivity index (χ1n) is 4.93. The molecule has 0 unspecified atom stereocenters. The van der Waals surface area contributed by atoms with Crippen LogP contribution in [0.2, 0.25) is 0 Å². The highest BCUT2D eigenvalue weighted by atomic mass is 127. The predicted molar refractivity (Wildman–Crippen MR) is 76.3 cm³/mol. The molecule has 0 saturated carbocycles. The molecule has 1 aromatic carbocycles. The summed E-state index contributed by atoms with van der Waals surface area (Å²) in [5, 5.41) is 2.80. The van der Waals surface area contributed by atoms with Gasteiger partial charge in [-0.25, -0.2) is 0 Å². The Morgan fingerprint density at radius 3 is 2.75 bits per heavy atom. The fraction of sp³-hybridized carbons (Fsp3) is 0.364. The van der Waals surface area contributed by atoms with Crippen LogP contribution in [0, 0.1) is 6.92 Å². The third-order valence-electron chi connectivity index (χ3n) is 2.31. The lowest BCUT2D eigenvalue weighted by atomic mass is 10.1. The van der Waals surface area contributed by atoms with Gasteiger partial charge in [0.1, 0.15) is 0 Å². The summed E-state index contributed by atoms with van der Waals surface area (Å²) in [6, 6.07) is 3.75. The van der Waals surface area contributed by atoms with Gasteiger partial charge in [0, 0.05) is 33.5 Å². The number of carbonyl (C=O) groups excluding carboxylic acids is 1. The number of halogens is 1. The van der Waals surface area contributed by atoms with Gasteiger partial charge in [-0.3, -0.25) is 4.79 Å². The average molecular weight is 351 g/mol. The second-order valence-corrected chi connectivity index (χ2v) is 4.77. The number of nitrogens with one attached hydrogen (secondary N) is 1. The molecule has 0 saturated heterocycles. The Morgan fingerprint density at radius 2 is 2.25 bits per heavy atom. The van der Waals surface area contributed by atoms with E-state index in [0.29, 0.717) is 6.42 Å². The highest BCUT2D eigenvalue weighted by molar-refractivity contribution is 14.1. The van der Waals surface area contributed by atoms with Gasteiger partial charge in [-0.1, -0.05) is 29.5 Å². The summed E-state index contributed by atoms with van der Waals surface area (Å²) < 4.78 is 10.0. The summed E-state index contributed by atoms with van der Waals surface area (Å²) in [5.41, 5.74) is 2.95. The minimum Gasteiger partial charge on any atom is -0.326 e. The van der Waals surface area contributed by atoms with Gasteiger partial charge >= 0.3 is 0 Å². The monoisotopic (exact) mass is 351 g/mol. The maximum absolute atomic E-state index is 11.3. The number of hydrogen-bond acceptors (Lipinski definition) is 3. The molecule has 1 amide bonds. The molecule has 0 heterocycles. The van der Waals surface area contributed by atoms with Crippen molar-refractivity contribution in [1.82, 2.24) is 0 Å². The summed E-state index contributed by atoms with van der Waals surface area (Å²) in [6.45, 7) is 3.78. The van der Waals surface area contributed by atoms with E-state index in [2.05, 4.69) is 27.9 Å². The molecule has 3 nitrogen and oxygen atoms in total. The van der Waals surface area contributed by atoms with Crippen LogP contribution in [0.5, 0.6) is 0 Å². The van der Waals surface area contributed by atoms with Gasteiger partial charge in [-0.2, -0.15) is 0 Å². The number of alkyl halides is 1. The first-order chi connectivity index (χ1) is 7.62. The molecule has 0 atom stereocenters. The Balaban J connectivity index is 3.06. The Kier molecular flexibility index (Phi) is 5.57. The van der Waals surface area contributed by atoms with E-state index in [1.165, 1.54) is 0 Å². The molecule has 5 heteroatoms. The molecule has 0 radical (unpaired) electrons. The van der Waals surface area contributed by atoms with Crippen LogP contribution in [-0.4, -0.2) is 10.5 Å². The van der Waals surface area contributed by atoms with E-state index in [1.807, 2.05) is 19.9 Å². The summed E-state index contributed by atoms with van der Waals surface area (Å²) in [6.07, 6.45) is 0.453. The number of hydrogen-bond donors (Lipinski definition) is 2. The predicted octanol–water partition coefficient (Wildman–Crippen LogP) is 3.84. The standard InChI is InChI=1S/C11H14INO2S/c1-3-11(14)13-9-4-8(6-12)7(2)10(5-9)16-15/h4-5,15H,3,6H2,1-2H3,(H,13,14). The number of benzene rings is 1. The molecule has 0 aliphatic carbocycles. The Labute approximate surface area is 113 Å². The van der Waals surface area contributed by atoms with Crippen LogP contribution in [0.4, 0.5) is 5.69 Å². The first kappa shape index (κ1) is 13.8. The normalized spacial score (nSPS) is 10.2. The third kappa shape index (κ3) is 3.36. The smallest absolute Gasteiger partial charge is 0.224 e. The van der Waals surface area contributed by atoms with Crippen LogP contribution in [0.25, 0.3) is 0 Å². The van der Waals surface area contributed by atoms with Crippen LogP contribution in [-0.2, 0) is 9.22 Å². The molecule has 0 bridgehead atoms. The molecular weight excluding hydrogens is 337 g/mol. The fourth-order valence-corrected chi connectivity index (χ4v) is 2.54. The molecule has 2 N–H and O–H groups in total. The second-order valence-electron chi connectivity index (χ2n) is 3.39. The van der Waals surface area contributed by atoms with Crippen LogP contribution in [0.3, 0.4) is 0 Å². The van der Waals surface area contributed by atoms with Crippen molar-refractivity contribution < 1.29 is 9.35 Å². The van der Waals surface area contributed by atoms with Crippen molar-refractivity contribution in [3.8, 4) is 0 Å². The van der Waals surface area contributed by atoms with E-state index in [1.54, 1.807) is 6.07 Å². The zero-order valence-electron chi connectivity index (χ0n) is 9.21. The molecule has 16 heavy (non-hydrogen) atoms. The van der Waals surface area contributed by atoms with Crippen molar-refractivity contribution in [3.63, 3.8) is 0 Å². The molecular formula is C11H14INO2S.